The average Bonchev–Trinajstić information content (AvgIpc) is 3.17. The van der Waals surface area contributed by atoms with Crippen molar-refractivity contribution in [2.75, 3.05) is 7.11 Å². The van der Waals surface area contributed by atoms with Gasteiger partial charge in [0.05, 0.1) is 25.3 Å². The van der Waals surface area contributed by atoms with Gasteiger partial charge in [-0.05, 0) is 43.7 Å². The molecular formula is C23H23N5O2. The van der Waals surface area contributed by atoms with Crippen molar-refractivity contribution >= 4 is 11.6 Å². The van der Waals surface area contributed by atoms with Crippen molar-refractivity contribution in [2.24, 2.45) is 0 Å². The largest absolute Gasteiger partial charge is 0.497 e. The summed E-state index contributed by atoms with van der Waals surface area (Å²) < 4.78 is 6.82. The Morgan fingerprint density at radius 2 is 1.97 bits per heavy atom. The monoisotopic (exact) mass is 401 g/mol. The number of ether oxygens (including phenoxy) is 1. The van der Waals surface area contributed by atoms with Gasteiger partial charge < -0.3 is 10.1 Å². The summed E-state index contributed by atoms with van der Waals surface area (Å²) in [6.45, 7) is 3.89. The maximum absolute atomic E-state index is 12.4. The molecule has 4 aromatic rings. The third-order valence-corrected chi connectivity index (χ3v) is 4.84. The van der Waals surface area contributed by atoms with Crippen LogP contribution in [0.2, 0.25) is 0 Å². The number of fused-ring (bicyclic) bond motifs is 1. The molecule has 2 aromatic carbocycles. The summed E-state index contributed by atoms with van der Waals surface area (Å²) >= 11 is 0. The number of methoxy groups -OCH3 is 1. The molecule has 2 heterocycles. The summed E-state index contributed by atoms with van der Waals surface area (Å²) in [6, 6.07) is 17.2. The Labute approximate surface area is 174 Å². The molecule has 7 nitrogen and oxygen atoms in total. The predicted molar refractivity (Wildman–Crippen MR) is 114 cm³/mol. The van der Waals surface area contributed by atoms with Crippen LogP contribution in [-0.2, 0) is 11.2 Å². The van der Waals surface area contributed by atoms with E-state index in [1.165, 1.54) is 0 Å². The van der Waals surface area contributed by atoms with Crippen LogP contribution in [0.1, 0.15) is 29.9 Å². The first kappa shape index (κ1) is 19.6. The number of nitrogens with one attached hydrogen (secondary N) is 1. The summed E-state index contributed by atoms with van der Waals surface area (Å²) in [5, 5.41) is 7.43. The molecule has 1 amide bonds. The average molecular weight is 401 g/mol. The quantitative estimate of drug-likeness (QED) is 0.535. The molecule has 0 bridgehead atoms. The molecule has 7 heteroatoms. The Kier molecular flexibility index (Phi) is 5.43. The van der Waals surface area contributed by atoms with E-state index in [0.717, 1.165) is 28.1 Å². The zero-order valence-corrected chi connectivity index (χ0v) is 17.2. The fourth-order valence-electron chi connectivity index (χ4n) is 3.28. The SMILES string of the molecule is COc1ccc(-c2cc3nc([C@@H](C)NC(=O)Cc4cccc(C)c4)nn3cn2)cc1. The number of aryl methyl sites for hydroxylation is 1. The van der Waals surface area contributed by atoms with Gasteiger partial charge in [-0.25, -0.2) is 14.5 Å². The lowest BCUT2D eigenvalue weighted by Crippen LogP contribution is -2.28. The van der Waals surface area contributed by atoms with E-state index in [9.17, 15) is 4.79 Å². The second-order valence-electron chi connectivity index (χ2n) is 7.23. The number of hydrogen-bond donors (Lipinski definition) is 1. The zero-order chi connectivity index (χ0) is 21.1. The predicted octanol–water partition coefficient (Wildman–Crippen LogP) is 3.53. The van der Waals surface area contributed by atoms with Crippen molar-refractivity contribution < 1.29 is 9.53 Å². The lowest BCUT2D eigenvalue weighted by atomic mass is 10.1. The summed E-state index contributed by atoms with van der Waals surface area (Å²) in [4.78, 5) is 21.5. The maximum Gasteiger partial charge on any atom is 0.224 e. The van der Waals surface area contributed by atoms with E-state index in [1.807, 2.05) is 68.4 Å². The topological polar surface area (TPSA) is 81.4 Å². The molecule has 0 spiro atoms. The first-order chi connectivity index (χ1) is 14.5. The van der Waals surface area contributed by atoms with Gasteiger partial charge in [-0.3, -0.25) is 4.79 Å². The van der Waals surface area contributed by atoms with Crippen LogP contribution in [0.3, 0.4) is 0 Å². The van der Waals surface area contributed by atoms with Crippen LogP contribution in [0.15, 0.2) is 60.9 Å². The standard InChI is InChI=1S/C23H23N5O2/c1-15-5-4-6-17(11-15)12-22(29)25-16(2)23-26-21-13-20(24-14-28(21)27-23)18-7-9-19(30-3)10-8-18/h4-11,13-14,16H,12H2,1-3H3,(H,25,29)/t16-/m1/s1. The van der Waals surface area contributed by atoms with Crippen molar-refractivity contribution in [3.05, 3.63) is 77.9 Å². The number of hydrogen-bond acceptors (Lipinski definition) is 5. The van der Waals surface area contributed by atoms with E-state index < -0.39 is 0 Å². The van der Waals surface area contributed by atoms with Crippen molar-refractivity contribution in [3.63, 3.8) is 0 Å². The van der Waals surface area contributed by atoms with Crippen LogP contribution in [-0.4, -0.2) is 32.6 Å². The zero-order valence-electron chi connectivity index (χ0n) is 17.2. The van der Waals surface area contributed by atoms with Gasteiger partial charge in [-0.1, -0.05) is 29.8 Å². The van der Waals surface area contributed by atoms with Crippen LogP contribution in [0.4, 0.5) is 0 Å². The van der Waals surface area contributed by atoms with E-state index in [0.29, 0.717) is 17.9 Å². The fraction of sp³-hybridized carbons (Fsp3) is 0.217. The number of carbonyl (C=O) groups is 1. The first-order valence-electron chi connectivity index (χ1n) is 9.73. The van der Waals surface area contributed by atoms with Crippen LogP contribution < -0.4 is 10.1 Å². The van der Waals surface area contributed by atoms with E-state index in [-0.39, 0.29) is 11.9 Å². The van der Waals surface area contributed by atoms with Crippen molar-refractivity contribution in [3.8, 4) is 17.0 Å². The molecule has 152 valence electrons. The fourth-order valence-corrected chi connectivity index (χ4v) is 3.28. The smallest absolute Gasteiger partial charge is 0.224 e. The third kappa shape index (κ3) is 4.30. The van der Waals surface area contributed by atoms with Crippen LogP contribution >= 0.6 is 0 Å². The molecule has 0 aliphatic heterocycles. The Morgan fingerprint density at radius 3 is 2.70 bits per heavy atom. The van der Waals surface area contributed by atoms with Gasteiger partial charge in [0.1, 0.15) is 12.1 Å². The molecule has 0 saturated carbocycles. The number of amides is 1. The molecule has 2 aromatic heterocycles. The minimum atomic E-state index is -0.313. The first-order valence-corrected chi connectivity index (χ1v) is 9.73. The number of benzene rings is 2. The maximum atomic E-state index is 12.4. The Bertz CT molecular complexity index is 1180. The van der Waals surface area contributed by atoms with Gasteiger partial charge >= 0.3 is 0 Å². The highest BCUT2D eigenvalue weighted by Gasteiger charge is 2.16. The second-order valence-corrected chi connectivity index (χ2v) is 7.23. The molecule has 0 aliphatic carbocycles. The van der Waals surface area contributed by atoms with E-state index in [4.69, 9.17) is 4.74 Å². The lowest BCUT2D eigenvalue weighted by molar-refractivity contribution is -0.121. The Morgan fingerprint density at radius 1 is 1.17 bits per heavy atom. The second kappa shape index (κ2) is 8.32. The van der Waals surface area contributed by atoms with E-state index >= 15 is 0 Å². The molecule has 0 aliphatic rings. The number of carbonyl (C=O) groups excluding carboxylic acids is 1. The molecule has 30 heavy (non-hydrogen) atoms. The van der Waals surface area contributed by atoms with Crippen molar-refractivity contribution in [1.82, 2.24) is 24.9 Å². The summed E-state index contributed by atoms with van der Waals surface area (Å²) in [6.07, 6.45) is 1.95. The van der Waals surface area contributed by atoms with Crippen LogP contribution in [0.5, 0.6) is 5.75 Å². The normalized spacial score (nSPS) is 12.0. The molecule has 1 N–H and O–H groups in total. The molecule has 1 atom stereocenters. The molecule has 0 fully saturated rings. The molecular weight excluding hydrogens is 378 g/mol. The van der Waals surface area contributed by atoms with Gasteiger partial charge in [0.2, 0.25) is 5.91 Å². The highest BCUT2D eigenvalue weighted by molar-refractivity contribution is 5.79. The van der Waals surface area contributed by atoms with Gasteiger partial charge in [0.15, 0.2) is 11.5 Å². The highest BCUT2D eigenvalue weighted by atomic mass is 16.5. The van der Waals surface area contributed by atoms with Gasteiger partial charge in [0, 0.05) is 11.6 Å². The lowest BCUT2D eigenvalue weighted by Gasteiger charge is -2.10. The van der Waals surface area contributed by atoms with Crippen LogP contribution in [0.25, 0.3) is 16.9 Å². The number of aromatic nitrogens is 4. The minimum absolute atomic E-state index is 0.0657. The van der Waals surface area contributed by atoms with Gasteiger partial charge in [-0.15, -0.1) is 5.10 Å². The van der Waals surface area contributed by atoms with Crippen molar-refractivity contribution in [1.29, 1.82) is 0 Å². The summed E-state index contributed by atoms with van der Waals surface area (Å²) in [7, 11) is 1.64. The number of rotatable bonds is 6. The highest BCUT2D eigenvalue weighted by Crippen LogP contribution is 2.21. The Balaban J connectivity index is 1.49. The van der Waals surface area contributed by atoms with Crippen molar-refractivity contribution in [2.45, 2.75) is 26.3 Å². The van der Waals surface area contributed by atoms with Crippen LogP contribution in [0, 0.1) is 6.92 Å². The van der Waals surface area contributed by atoms with Gasteiger partial charge in [0.25, 0.3) is 0 Å². The third-order valence-electron chi connectivity index (χ3n) is 4.84. The van der Waals surface area contributed by atoms with Gasteiger partial charge in [-0.2, -0.15) is 0 Å². The minimum Gasteiger partial charge on any atom is -0.497 e. The van der Waals surface area contributed by atoms with E-state index in [1.54, 1.807) is 18.0 Å². The molecule has 0 radical (unpaired) electrons. The summed E-state index contributed by atoms with van der Waals surface area (Å²) in [5.74, 6) is 1.27. The number of nitrogens with zero attached hydrogens (tertiary/aromatic N) is 4. The molecule has 0 unspecified atom stereocenters. The molecule has 4 rings (SSSR count). The summed E-state index contributed by atoms with van der Waals surface area (Å²) in [5.41, 5.74) is 4.54. The van der Waals surface area contributed by atoms with E-state index in [2.05, 4.69) is 20.4 Å². The Hall–Kier alpha value is -3.74. The molecule has 0 saturated heterocycles.